The van der Waals surface area contributed by atoms with E-state index in [1.165, 1.54) is 25.7 Å². The van der Waals surface area contributed by atoms with Crippen LogP contribution in [0.15, 0.2) is 24.5 Å². The van der Waals surface area contributed by atoms with Crippen molar-refractivity contribution in [1.29, 1.82) is 0 Å². The lowest BCUT2D eigenvalue weighted by Gasteiger charge is -2.01. The molecule has 1 aromatic rings. The Kier molecular flexibility index (Phi) is 7.03. The van der Waals surface area contributed by atoms with E-state index in [4.69, 9.17) is 10.5 Å². The van der Waals surface area contributed by atoms with E-state index in [-0.39, 0.29) is 0 Å². The summed E-state index contributed by atoms with van der Waals surface area (Å²) < 4.78 is 7.43. The van der Waals surface area contributed by atoms with Gasteiger partial charge in [-0.15, -0.1) is 0 Å². The predicted octanol–water partition coefficient (Wildman–Crippen LogP) is 2.02. The third-order valence-electron chi connectivity index (χ3n) is 2.81. The third-order valence-corrected chi connectivity index (χ3v) is 2.81. The minimum atomic E-state index is -0.404. The second kappa shape index (κ2) is 8.64. The van der Waals surface area contributed by atoms with Crippen LogP contribution in [0.4, 0.5) is 0 Å². The summed E-state index contributed by atoms with van der Waals surface area (Å²) in [5.41, 5.74) is 5.68. The molecule has 4 nitrogen and oxygen atoms in total. The molecular formula is C14H23N2O2+. The summed E-state index contributed by atoms with van der Waals surface area (Å²) in [7, 11) is 0. The maximum atomic E-state index is 10.9. The number of hydrogen-bond donors (Lipinski definition) is 1. The molecule has 1 heterocycles. The summed E-state index contributed by atoms with van der Waals surface area (Å²) in [4.78, 5) is 10.9. The molecule has 1 aromatic heterocycles. The van der Waals surface area contributed by atoms with E-state index >= 15 is 0 Å². The zero-order chi connectivity index (χ0) is 13.2. The summed E-state index contributed by atoms with van der Waals surface area (Å²) >= 11 is 0. The van der Waals surface area contributed by atoms with Gasteiger partial charge in [0.2, 0.25) is 5.91 Å². The van der Waals surface area contributed by atoms with Gasteiger partial charge in [0.05, 0.1) is 12.2 Å². The molecule has 0 aromatic carbocycles. The smallest absolute Gasteiger partial charge is 0.252 e. The Morgan fingerprint density at radius 2 is 1.89 bits per heavy atom. The van der Waals surface area contributed by atoms with Gasteiger partial charge in [-0.25, -0.2) is 0 Å². The molecule has 100 valence electrons. The van der Waals surface area contributed by atoms with Gasteiger partial charge in [-0.05, 0) is 6.42 Å². The van der Waals surface area contributed by atoms with E-state index < -0.39 is 5.91 Å². The molecule has 0 aliphatic rings. The van der Waals surface area contributed by atoms with Gasteiger partial charge in [0.15, 0.2) is 12.4 Å². The Morgan fingerprint density at radius 1 is 1.22 bits per heavy atom. The molecular weight excluding hydrogens is 228 g/mol. The maximum absolute atomic E-state index is 10.9. The van der Waals surface area contributed by atoms with Crippen LogP contribution in [0.3, 0.4) is 0 Å². The van der Waals surface area contributed by atoms with E-state index in [9.17, 15) is 4.79 Å². The molecule has 0 atom stereocenters. The summed E-state index contributed by atoms with van der Waals surface area (Å²) in [5.74, 6) is -0.404. The summed E-state index contributed by atoms with van der Waals surface area (Å²) in [6, 6.07) is 3.40. The zero-order valence-corrected chi connectivity index (χ0v) is 11.1. The van der Waals surface area contributed by atoms with E-state index in [0.29, 0.717) is 12.3 Å². The molecule has 0 saturated carbocycles. The number of pyridine rings is 1. The average Bonchev–Trinajstić information content (AvgIpc) is 2.38. The Morgan fingerprint density at radius 3 is 2.50 bits per heavy atom. The van der Waals surface area contributed by atoms with Crippen molar-refractivity contribution in [1.82, 2.24) is 0 Å². The summed E-state index contributed by atoms with van der Waals surface area (Å²) in [5, 5.41) is 0. The zero-order valence-electron chi connectivity index (χ0n) is 11.1. The highest BCUT2D eigenvalue weighted by molar-refractivity contribution is 5.92. The van der Waals surface area contributed by atoms with Crippen molar-refractivity contribution in [2.75, 3.05) is 6.61 Å². The molecule has 0 radical (unpaired) electrons. The molecule has 18 heavy (non-hydrogen) atoms. The van der Waals surface area contributed by atoms with E-state index in [2.05, 4.69) is 6.92 Å². The first-order valence-corrected chi connectivity index (χ1v) is 6.60. The first-order chi connectivity index (χ1) is 8.74. The Hall–Kier alpha value is -1.42. The Balaban J connectivity index is 2.14. The lowest BCUT2D eigenvalue weighted by atomic mass is 10.2. The number of rotatable bonds is 9. The van der Waals surface area contributed by atoms with Crippen LogP contribution in [0.1, 0.15) is 49.4 Å². The van der Waals surface area contributed by atoms with Crippen molar-refractivity contribution in [3.8, 4) is 0 Å². The molecule has 1 amide bonds. The molecule has 2 N–H and O–H groups in total. The minimum Gasteiger partial charge on any atom is -0.366 e. The predicted molar refractivity (Wildman–Crippen MR) is 69.9 cm³/mol. The molecule has 0 saturated heterocycles. The second-order valence-corrected chi connectivity index (χ2v) is 4.42. The quantitative estimate of drug-likeness (QED) is 0.539. The number of carbonyl (C=O) groups is 1. The van der Waals surface area contributed by atoms with Gasteiger partial charge >= 0.3 is 0 Å². The Labute approximate surface area is 109 Å². The SMILES string of the molecule is CCCCCCCOC[n+]1ccc(C(N)=O)cc1. The molecule has 1 rings (SSSR count). The standard InChI is InChI=1S/C14H22N2O2/c1-2-3-4-5-6-11-18-12-16-9-7-13(8-10-16)14(15)17/h7-10H,2-6,11-12H2,1H3,(H-,15,17)/p+1. The van der Waals surface area contributed by atoms with E-state index in [0.717, 1.165) is 13.0 Å². The van der Waals surface area contributed by atoms with Gasteiger partial charge in [-0.3, -0.25) is 4.79 Å². The monoisotopic (exact) mass is 251 g/mol. The first kappa shape index (κ1) is 14.6. The van der Waals surface area contributed by atoms with Crippen molar-refractivity contribution < 1.29 is 14.1 Å². The molecule has 0 unspecified atom stereocenters. The van der Waals surface area contributed by atoms with Crippen LogP contribution in [0.25, 0.3) is 0 Å². The summed E-state index contributed by atoms with van der Waals surface area (Å²) in [6.45, 7) is 3.52. The highest BCUT2D eigenvalue weighted by Crippen LogP contribution is 2.02. The molecule has 0 spiro atoms. The fourth-order valence-corrected chi connectivity index (χ4v) is 1.69. The van der Waals surface area contributed by atoms with Gasteiger partial charge in [0, 0.05) is 12.1 Å². The van der Waals surface area contributed by atoms with Gasteiger partial charge in [0.1, 0.15) is 0 Å². The van der Waals surface area contributed by atoms with Crippen molar-refractivity contribution in [2.24, 2.45) is 5.73 Å². The van der Waals surface area contributed by atoms with E-state index in [1.54, 1.807) is 24.5 Å². The van der Waals surface area contributed by atoms with Crippen LogP contribution >= 0.6 is 0 Å². The molecule has 0 fully saturated rings. The van der Waals surface area contributed by atoms with E-state index in [1.807, 2.05) is 4.57 Å². The van der Waals surface area contributed by atoms with Crippen LogP contribution in [-0.4, -0.2) is 12.5 Å². The highest BCUT2D eigenvalue weighted by atomic mass is 16.5. The topological polar surface area (TPSA) is 56.2 Å². The van der Waals surface area contributed by atoms with Crippen molar-refractivity contribution in [2.45, 2.75) is 45.8 Å². The number of aromatic nitrogens is 1. The number of unbranched alkanes of at least 4 members (excludes halogenated alkanes) is 4. The number of hydrogen-bond acceptors (Lipinski definition) is 2. The number of nitrogens with zero attached hydrogens (tertiary/aromatic N) is 1. The van der Waals surface area contributed by atoms with Crippen molar-refractivity contribution >= 4 is 5.91 Å². The fourth-order valence-electron chi connectivity index (χ4n) is 1.69. The normalized spacial score (nSPS) is 10.5. The lowest BCUT2D eigenvalue weighted by Crippen LogP contribution is -2.34. The Bertz CT molecular complexity index is 349. The number of carbonyl (C=O) groups excluding carboxylic acids is 1. The molecule has 0 bridgehead atoms. The highest BCUT2D eigenvalue weighted by Gasteiger charge is 2.04. The minimum absolute atomic E-state index is 0.404. The van der Waals surface area contributed by atoms with Crippen molar-refractivity contribution in [3.05, 3.63) is 30.1 Å². The second-order valence-electron chi connectivity index (χ2n) is 4.42. The summed E-state index contributed by atoms with van der Waals surface area (Å²) in [6.07, 6.45) is 9.82. The largest absolute Gasteiger partial charge is 0.366 e. The number of nitrogens with two attached hydrogens (primary N) is 1. The third kappa shape index (κ3) is 5.77. The van der Waals surface area contributed by atoms with Gasteiger partial charge < -0.3 is 10.5 Å². The molecule has 0 aliphatic carbocycles. The molecule has 0 aliphatic heterocycles. The van der Waals surface area contributed by atoms with Crippen LogP contribution < -0.4 is 10.3 Å². The number of ether oxygens (including phenoxy) is 1. The van der Waals surface area contributed by atoms with Crippen LogP contribution in [-0.2, 0) is 11.5 Å². The number of amides is 1. The number of primary amides is 1. The van der Waals surface area contributed by atoms with Crippen LogP contribution in [0.2, 0.25) is 0 Å². The van der Waals surface area contributed by atoms with Crippen molar-refractivity contribution in [3.63, 3.8) is 0 Å². The fraction of sp³-hybridized carbons (Fsp3) is 0.571. The maximum Gasteiger partial charge on any atom is 0.252 e. The molecule has 4 heteroatoms. The van der Waals surface area contributed by atoms with Crippen LogP contribution in [0, 0.1) is 0 Å². The lowest BCUT2D eigenvalue weighted by molar-refractivity contribution is -0.732. The first-order valence-electron chi connectivity index (χ1n) is 6.60. The van der Waals surface area contributed by atoms with Gasteiger partial charge in [-0.1, -0.05) is 32.6 Å². The van der Waals surface area contributed by atoms with Gasteiger partial charge in [0.25, 0.3) is 6.73 Å². The van der Waals surface area contributed by atoms with Crippen LogP contribution in [0.5, 0.6) is 0 Å². The van der Waals surface area contributed by atoms with Gasteiger partial charge in [-0.2, -0.15) is 4.57 Å². The average molecular weight is 251 g/mol.